The number of anilines is 1. The second-order valence-electron chi connectivity index (χ2n) is 10.2. The molecule has 9 heteroatoms. The van der Waals surface area contributed by atoms with Crippen molar-refractivity contribution in [2.75, 3.05) is 16.4 Å². The molecule has 1 aliphatic carbocycles. The summed E-state index contributed by atoms with van der Waals surface area (Å²) in [5.41, 5.74) is 2.87. The molecule has 2 aromatic rings. The molecule has 2 aliphatic heterocycles. The van der Waals surface area contributed by atoms with E-state index >= 15 is 0 Å². The van der Waals surface area contributed by atoms with Gasteiger partial charge in [0, 0.05) is 47.1 Å². The molecule has 3 aliphatic rings. The van der Waals surface area contributed by atoms with Crippen LogP contribution in [-0.4, -0.2) is 44.1 Å². The van der Waals surface area contributed by atoms with Crippen molar-refractivity contribution in [2.24, 2.45) is 5.92 Å². The fraction of sp³-hybridized carbons (Fsp3) is 0.429. The second kappa shape index (κ2) is 10.3. The van der Waals surface area contributed by atoms with Gasteiger partial charge in [0.1, 0.15) is 17.3 Å². The van der Waals surface area contributed by atoms with Crippen LogP contribution in [0.15, 0.2) is 42.6 Å². The number of hydrogen-bond acceptors (Lipinski definition) is 6. The van der Waals surface area contributed by atoms with Gasteiger partial charge in [0.05, 0.1) is 17.2 Å². The predicted octanol–water partition coefficient (Wildman–Crippen LogP) is 4.85. The van der Waals surface area contributed by atoms with Crippen LogP contribution in [0.1, 0.15) is 50.2 Å². The van der Waals surface area contributed by atoms with E-state index in [1.165, 1.54) is 18.3 Å². The summed E-state index contributed by atoms with van der Waals surface area (Å²) >= 11 is 0. The third-order valence-electron chi connectivity index (χ3n) is 7.35. The number of fused-ring (bicyclic) bond motifs is 1. The minimum atomic E-state index is -3.08. The van der Waals surface area contributed by atoms with Crippen LogP contribution >= 0.6 is 0 Å². The number of allylic oxidation sites excluding steroid dienone is 1. The van der Waals surface area contributed by atoms with E-state index in [-0.39, 0.29) is 41.2 Å². The Hall–Kier alpha value is -3.20. The number of halogens is 1. The molecule has 2 atom stereocenters. The number of amides is 1. The maximum atomic E-state index is 13.6. The van der Waals surface area contributed by atoms with Crippen LogP contribution < -0.4 is 15.0 Å². The summed E-state index contributed by atoms with van der Waals surface area (Å²) in [7, 11) is -3.08. The van der Waals surface area contributed by atoms with E-state index in [0.29, 0.717) is 35.5 Å². The Morgan fingerprint density at radius 2 is 1.89 bits per heavy atom. The molecule has 2 N–H and O–H groups in total. The summed E-state index contributed by atoms with van der Waals surface area (Å²) < 4.78 is 44.0. The van der Waals surface area contributed by atoms with Crippen molar-refractivity contribution in [1.29, 1.82) is 5.41 Å². The molecule has 0 bridgehead atoms. The lowest BCUT2D eigenvalue weighted by Crippen LogP contribution is -2.43. The third-order valence-corrected chi connectivity index (χ3v) is 9.17. The van der Waals surface area contributed by atoms with Gasteiger partial charge in [0.2, 0.25) is 5.91 Å². The van der Waals surface area contributed by atoms with E-state index in [9.17, 15) is 17.6 Å². The monoisotopic (exact) mass is 525 g/mol. The summed E-state index contributed by atoms with van der Waals surface area (Å²) in [5, 5.41) is 11.3. The molecule has 2 aromatic carbocycles. The smallest absolute Gasteiger partial charge is 0.230 e. The first kappa shape index (κ1) is 25.4. The normalized spacial score (nSPS) is 23.2. The Kier molecular flexibility index (Phi) is 7.07. The Balaban J connectivity index is 1.55. The molecule has 2 fully saturated rings. The number of nitrogens with one attached hydrogen (secondary N) is 2. The summed E-state index contributed by atoms with van der Waals surface area (Å²) in [6, 6.07) is 9.37. The number of hydrogen-bond donors (Lipinski definition) is 2. The zero-order valence-corrected chi connectivity index (χ0v) is 21.7. The molecule has 37 heavy (non-hydrogen) atoms. The van der Waals surface area contributed by atoms with Crippen LogP contribution in [0.25, 0.3) is 5.57 Å². The quantitative estimate of drug-likeness (QED) is 0.504. The molecule has 1 unspecified atom stereocenters. The Labute approximate surface area is 217 Å². The van der Waals surface area contributed by atoms with Crippen LogP contribution in [0.5, 0.6) is 11.5 Å². The molecule has 7 nitrogen and oxygen atoms in total. The van der Waals surface area contributed by atoms with Crippen molar-refractivity contribution in [3.63, 3.8) is 0 Å². The fourth-order valence-electron chi connectivity index (χ4n) is 5.19. The molecule has 1 saturated carbocycles. The van der Waals surface area contributed by atoms with Crippen molar-refractivity contribution >= 4 is 33.2 Å². The molecular formula is C28H32FN3O4S. The first-order chi connectivity index (χ1) is 17.8. The highest BCUT2D eigenvalue weighted by atomic mass is 32.2. The lowest BCUT2D eigenvalue weighted by Gasteiger charge is -2.37. The Bertz CT molecular complexity index is 1340. The maximum Gasteiger partial charge on any atom is 0.230 e. The standard InChI is InChI=1S/C28H32FN3O4S/c1-18-4-11-25-26(32(18)28(33)19-5-6-19)13-12-24(27(25)36-23-9-7-21(29)8-10-23)20(15-30)16-31-22-3-2-14-37(34,35)17-22/h7-10,12-13,15-16,18-19,22,30-31H,2-6,11,14,17H2,1H3/b20-16+,30-15?/t18-,22?/m0/s1. The van der Waals surface area contributed by atoms with Gasteiger partial charge in [-0.05, 0) is 81.8 Å². The number of carbonyl (C=O) groups is 1. The van der Waals surface area contributed by atoms with Gasteiger partial charge in [-0.1, -0.05) is 0 Å². The highest BCUT2D eigenvalue weighted by Gasteiger charge is 2.39. The van der Waals surface area contributed by atoms with Crippen LogP contribution in [0, 0.1) is 17.1 Å². The van der Waals surface area contributed by atoms with Crippen molar-refractivity contribution in [3.8, 4) is 11.5 Å². The number of sulfone groups is 1. The van der Waals surface area contributed by atoms with Gasteiger partial charge >= 0.3 is 0 Å². The molecule has 196 valence electrons. The molecular weight excluding hydrogens is 493 g/mol. The average Bonchev–Trinajstić information content (AvgIpc) is 3.71. The van der Waals surface area contributed by atoms with E-state index in [1.807, 2.05) is 17.0 Å². The second-order valence-corrected chi connectivity index (χ2v) is 12.5. The third kappa shape index (κ3) is 5.56. The highest BCUT2D eigenvalue weighted by molar-refractivity contribution is 7.91. The zero-order chi connectivity index (χ0) is 26.2. The minimum Gasteiger partial charge on any atom is -0.456 e. The van der Waals surface area contributed by atoms with Gasteiger partial charge in [-0.15, -0.1) is 0 Å². The molecule has 0 aromatic heterocycles. The predicted molar refractivity (Wildman–Crippen MR) is 142 cm³/mol. The van der Waals surface area contributed by atoms with Crippen molar-refractivity contribution in [3.05, 3.63) is 59.5 Å². The van der Waals surface area contributed by atoms with Gasteiger partial charge in [-0.25, -0.2) is 12.8 Å². The number of benzene rings is 2. The summed E-state index contributed by atoms with van der Waals surface area (Å²) in [6.07, 6.45) is 7.52. The minimum absolute atomic E-state index is 0.0635. The molecule has 1 amide bonds. The first-order valence-electron chi connectivity index (χ1n) is 12.9. The van der Waals surface area contributed by atoms with Crippen LogP contribution in [0.2, 0.25) is 0 Å². The molecule has 2 heterocycles. The maximum absolute atomic E-state index is 13.6. The topological polar surface area (TPSA) is 99.6 Å². The zero-order valence-electron chi connectivity index (χ0n) is 20.9. The van der Waals surface area contributed by atoms with E-state index < -0.39 is 9.84 Å². The SMILES string of the molecule is C[C@H]1CCc2c(ccc(/C(C=N)=C/NC3CCCS(=O)(=O)C3)c2Oc2ccc(F)cc2)N1C(=O)C1CC1. The van der Waals surface area contributed by atoms with Crippen molar-refractivity contribution in [2.45, 2.75) is 57.5 Å². The van der Waals surface area contributed by atoms with Gasteiger partial charge in [-0.3, -0.25) is 4.79 Å². The lowest BCUT2D eigenvalue weighted by molar-refractivity contribution is -0.120. The van der Waals surface area contributed by atoms with Crippen molar-refractivity contribution in [1.82, 2.24) is 5.32 Å². The summed E-state index contributed by atoms with van der Waals surface area (Å²) in [6.45, 7) is 2.06. The van der Waals surface area contributed by atoms with Crippen molar-refractivity contribution < 1.29 is 22.3 Å². The lowest BCUT2D eigenvalue weighted by atomic mass is 9.91. The van der Waals surface area contributed by atoms with E-state index in [4.69, 9.17) is 10.1 Å². The average molecular weight is 526 g/mol. The van der Waals surface area contributed by atoms with Crippen LogP contribution in [-0.2, 0) is 21.1 Å². The van der Waals surface area contributed by atoms with Gasteiger partial charge in [-0.2, -0.15) is 0 Å². The highest BCUT2D eigenvalue weighted by Crippen LogP contribution is 2.45. The Morgan fingerprint density at radius 1 is 1.14 bits per heavy atom. The number of ether oxygens (including phenoxy) is 1. The number of rotatable bonds is 7. The van der Waals surface area contributed by atoms with Gasteiger partial charge in [0.15, 0.2) is 9.84 Å². The number of nitrogens with zero attached hydrogens (tertiary/aromatic N) is 1. The van der Waals surface area contributed by atoms with E-state index in [0.717, 1.165) is 36.9 Å². The Morgan fingerprint density at radius 3 is 2.57 bits per heavy atom. The fourth-order valence-corrected chi connectivity index (χ4v) is 6.84. The van der Waals surface area contributed by atoms with Gasteiger partial charge < -0.3 is 20.4 Å². The van der Waals surface area contributed by atoms with E-state index in [2.05, 4.69) is 12.2 Å². The van der Waals surface area contributed by atoms with Crippen LogP contribution in [0.3, 0.4) is 0 Å². The number of carbonyl (C=O) groups excluding carboxylic acids is 1. The summed E-state index contributed by atoms with van der Waals surface area (Å²) in [4.78, 5) is 15.1. The summed E-state index contributed by atoms with van der Waals surface area (Å²) in [5.74, 6) is 1.08. The van der Waals surface area contributed by atoms with E-state index in [1.54, 1.807) is 18.3 Å². The molecule has 5 rings (SSSR count). The molecule has 0 radical (unpaired) electrons. The molecule has 0 spiro atoms. The van der Waals surface area contributed by atoms with Gasteiger partial charge in [0.25, 0.3) is 0 Å². The largest absolute Gasteiger partial charge is 0.456 e. The first-order valence-corrected chi connectivity index (χ1v) is 14.7. The molecule has 1 saturated heterocycles. The van der Waals surface area contributed by atoms with Crippen LogP contribution in [0.4, 0.5) is 10.1 Å².